The maximum Gasteiger partial charge on any atom is 0.256 e. The fourth-order valence-corrected chi connectivity index (χ4v) is 5.37. The van der Waals surface area contributed by atoms with Crippen LogP contribution in [0.2, 0.25) is 0 Å². The van der Waals surface area contributed by atoms with Gasteiger partial charge in [-0.3, -0.25) is 9.69 Å². The van der Waals surface area contributed by atoms with Gasteiger partial charge in [0.15, 0.2) is 0 Å². The van der Waals surface area contributed by atoms with E-state index in [0.717, 1.165) is 52.8 Å². The highest BCUT2D eigenvalue weighted by Crippen LogP contribution is 2.38. The van der Waals surface area contributed by atoms with Gasteiger partial charge in [-0.2, -0.15) is 5.26 Å². The lowest BCUT2D eigenvalue weighted by Crippen LogP contribution is -2.46. The van der Waals surface area contributed by atoms with Gasteiger partial charge in [0.2, 0.25) is 0 Å². The molecule has 4 aromatic carbocycles. The number of halogens is 1. The van der Waals surface area contributed by atoms with Gasteiger partial charge in [-0.15, -0.1) is 0 Å². The van der Waals surface area contributed by atoms with Crippen molar-refractivity contribution < 1.29 is 14.3 Å². The Kier molecular flexibility index (Phi) is 5.84. The van der Waals surface area contributed by atoms with Crippen molar-refractivity contribution >= 4 is 28.1 Å². The number of hydrogen-bond acceptors (Lipinski definition) is 5. The highest BCUT2D eigenvalue weighted by Gasteiger charge is 2.25. The molecule has 2 N–H and O–H groups in total. The molecule has 2 heterocycles. The number of benzene rings is 4. The lowest BCUT2D eigenvalue weighted by atomic mass is 9.93. The molecular formula is C30H25FN4O2. The van der Waals surface area contributed by atoms with Crippen molar-refractivity contribution in [3.8, 4) is 6.07 Å². The molecule has 1 saturated heterocycles. The molecular weight excluding hydrogens is 467 g/mol. The van der Waals surface area contributed by atoms with Gasteiger partial charge in [0, 0.05) is 49.4 Å². The summed E-state index contributed by atoms with van der Waals surface area (Å²) in [6, 6.07) is 23.9. The van der Waals surface area contributed by atoms with Gasteiger partial charge < -0.3 is 15.3 Å². The smallest absolute Gasteiger partial charge is 0.256 e. The summed E-state index contributed by atoms with van der Waals surface area (Å²) in [5, 5.41) is 24.8. The summed E-state index contributed by atoms with van der Waals surface area (Å²) in [7, 11) is 0. The van der Waals surface area contributed by atoms with Gasteiger partial charge in [0.1, 0.15) is 11.9 Å². The molecule has 1 unspecified atom stereocenters. The predicted molar refractivity (Wildman–Crippen MR) is 141 cm³/mol. The van der Waals surface area contributed by atoms with Gasteiger partial charge in [-0.1, -0.05) is 42.5 Å². The summed E-state index contributed by atoms with van der Waals surface area (Å²) in [5.74, 6) is -0.468. The normalized spacial score (nSPS) is 16.0. The average molecular weight is 493 g/mol. The first-order valence-electron chi connectivity index (χ1n) is 12.3. The van der Waals surface area contributed by atoms with Crippen LogP contribution in [0.25, 0.3) is 10.8 Å². The monoisotopic (exact) mass is 492 g/mol. The Labute approximate surface area is 214 Å². The van der Waals surface area contributed by atoms with Gasteiger partial charge >= 0.3 is 0 Å². The Bertz CT molecular complexity index is 1550. The molecule has 1 amide bonds. The molecule has 184 valence electrons. The fourth-order valence-electron chi connectivity index (χ4n) is 5.37. The summed E-state index contributed by atoms with van der Waals surface area (Å²) in [5.41, 5.74) is 5.00. The van der Waals surface area contributed by atoms with E-state index in [9.17, 15) is 14.3 Å². The van der Waals surface area contributed by atoms with E-state index in [2.05, 4.69) is 10.2 Å². The Balaban J connectivity index is 1.12. The van der Waals surface area contributed by atoms with Crippen molar-refractivity contribution in [2.45, 2.75) is 12.6 Å². The minimum Gasteiger partial charge on any atom is -0.384 e. The van der Waals surface area contributed by atoms with Crippen LogP contribution in [0.5, 0.6) is 0 Å². The van der Waals surface area contributed by atoms with E-state index in [1.807, 2.05) is 59.5 Å². The van der Waals surface area contributed by atoms with Crippen molar-refractivity contribution in [1.29, 1.82) is 5.26 Å². The minimum atomic E-state index is -0.806. The summed E-state index contributed by atoms with van der Waals surface area (Å²) in [6.45, 7) is 3.80. The van der Waals surface area contributed by atoms with Gasteiger partial charge in [-0.05, 0) is 52.4 Å². The van der Waals surface area contributed by atoms with Crippen LogP contribution in [0.4, 0.5) is 15.8 Å². The highest BCUT2D eigenvalue weighted by atomic mass is 19.1. The second-order valence-corrected chi connectivity index (χ2v) is 9.57. The number of aliphatic hydroxyl groups is 1. The number of aliphatic hydroxyl groups excluding tert-OH is 1. The fraction of sp³-hybridized carbons (Fsp3) is 0.200. The second kappa shape index (κ2) is 9.32. The second-order valence-electron chi connectivity index (χ2n) is 9.57. The Hall–Kier alpha value is -4.25. The standard InChI is InChI=1S/C30H25FN4O2/c31-25-16-20(17-32)6-11-27(25)35-14-12-34(13-15-35)18-19-4-7-21(8-5-19)29(36)23-9-10-26-28-22(23)2-1-3-24(28)30(37)33-26/h1-11,16,29,36H,12-15,18H2,(H,33,37). The number of nitriles is 1. The van der Waals surface area contributed by atoms with Crippen LogP contribution in [0, 0.1) is 17.1 Å². The number of amides is 1. The summed E-state index contributed by atoms with van der Waals surface area (Å²) >= 11 is 0. The highest BCUT2D eigenvalue weighted by molar-refractivity contribution is 6.24. The van der Waals surface area contributed by atoms with Crippen molar-refractivity contribution in [3.63, 3.8) is 0 Å². The van der Waals surface area contributed by atoms with Crippen LogP contribution in [0.3, 0.4) is 0 Å². The van der Waals surface area contributed by atoms with E-state index < -0.39 is 6.10 Å². The van der Waals surface area contributed by atoms with Crippen LogP contribution in [0.1, 0.15) is 38.7 Å². The summed E-state index contributed by atoms with van der Waals surface area (Å²) < 4.78 is 14.4. The van der Waals surface area contributed by atoms with Gasteiger partial charge in [0.05, 0.1) is 17.3 Å². The molecule has 1 fully saturated rings. The lowest BCUT2D eigenvalue weighted by Gasteiger charge is -2.36. The molecule has 0 bridgehead atoms. The van der Waals surface area contributed by atoms with E-state index in [0.29, 0.717) is 29.9 Å². The number of carbonyl (C=O) groups is 1. The molecule has 0 saturated carbocycles. The number of rotatable bonds is 5. The zero-order chi connectivity index (χ0) is 25.5. The number of hydrogen-bond donors (Lipinski definition) is 2. The predicted octanol–water partition coefficient (Wildman–Crippen LogP) is 4.82. The largest absolute Gasteiger partial charge is 0.384 e. The molecule has 0 radical (unpaired) electrons. The van der Waals surface area contributed by atoms with Crippen molar-refractivity contribution in [1.82, 2.24) is 4.90 Å². The molecule has 1 atom stereocenters. The van der Waals surface area contributed by atoms with Crippen LogP contribution >= 0.6 is 0 Å². The number of piperazine rings is 1. The number of carbonyl (C=O) groups excluding carboxylic acids is 1. The first-order chi connectivity index (χ1) is 18.0. The maximum atomic E-state index is 14.4. The van der Waals surface area contributed by atoms with Crippen LogP contribution in [0.15, 0.2) is 72.8 Å². The molecule has 2 aliphatic rings. The molecule has 0 aliphatic carbocycles. The zero-order valence-electron chi connectivity index (χ0n) is 20.1. The molecule has 37 heavy (non-hydrogen) atoms. The Morgan fingerprint density at radius 3 is 2.51 bits per heavy atom. The SMILES string of the molecule is N#Cc1ccc(N2CCN(Cc3ccc(C(O)c4ccc5c6c(cccc46)C(=O)N5)cc3)CC2)c(F)c1. The van der Waals surface area contributed by atoms with Crippen molar-refractivity contribution in [3.05, 3.63) is 106 Å². The average Bonchev–Trinajstić information content (AvgIpc) is 3.26. The van der Waals surface area contributed by atoms with Crippen LogP contribution < -0.4 is 10.2 Å². The molecule has 0 aromatic heterocycles. The molecule has 0 spiro atoms. The Morgan fingerprint density at radius 1 is 1.00 bits per heavy atom. The first-order valence-corrected chi connectivity index (χ1v) is 12.3. The van der Waals surface area contributed by atoms with Crippen LogP contribution in [-0.4, -0.2) is 42.1 Å². The first kappa shape index (κ1) is 23.2. The maximum absolute atomic E-state index is 14.4. The quantitative estimate of drug-likeness (QED) is 0.418. The third-order valence-corrected chi connectivity index (χ3v) is 7.35. The minimum absolute atomic E-state index is 0.112. The lowest BCUT2D eigenvalue weighted by molar-refractivity contribution is 0.103. The number of nitrogens with one attached hydrogen (secondary N) is 1. The summed E-state index contributed by atoms with van der Waals surface area (Å²) in [6.07, 6.45) is -0.806. The molecule has 2 aliphatic heterocycles. The number of anilines is 2. The van der Waals surface area contributed by atoms with Gasteiger partial charge in [0.25, 0.3) is 5.91 Å². The van der Waals surface area contributed by atoms with Crippen molar-refractivity contribution in [2.75, 3.05) is 36.4 Å². The third-order valence-electron chi connectivity index (χ3n) is 7.35. The third kappa shape index (κ3) is 4.20. The van der Waals surface area contributed by atoms with E-state index in [4.69, 9.17) is 5.26 Å². The molecule has 7 heteroatoms. The molecule has 6 nitrogen and oxygen atoms in total. The van der Waals surface area contributed by atoms with E-state index >= 15 is 0 Å². The molecule has 4 aromatic rings. The summed E-state index contributed by atoms with van der Waals surface area (Å²) in [4.78, 5) is 16.6. The Morgan fingerprint density at radius 2 is 1.78 bits per heavy atom. The topological polar surface area (TPSA) is 79.6 Å². The van der Waals surface area contributed by atoms with Crippen LogP contribution in [-0.2, 0) is 6.54 Å². The van der Waals surface area contributed by atoms with E-state index in [1.165, 1.54) is 6.07 Å². The zero-order valence-corrected chi connectivity index (χ0v) is 20.1. The van der Waals surface area contributed by atoms with E-state index in [1.54, 1.807) is 18.2 Å². The van der Waals surface area contributed by atoms with Crippen molar-refractivity contribution in [2.24, 2.45) is 0 Å². The van der Waals surface area contributed by atoms with Gasteiger partial charge in [-0.25, -0.2) is 4.39 Å². The number of nitrogens with zero attached hydrogens (tertiary/aromatic N) is 3. The van der Waals surface area contributed by atoms with E-state index in [-0.39, 0.29) is 11.7 Å². The molecule has 6 rings (SSSR count).